The van der Waals surface area contributed by atoms with Crippen molar-refractivity contribution >= 4 is 32.6 Å². The molecule has 0 bridgehead atoms. The summed E-state index contributed by atoms with van der Waals surface area (Å²) in [5, 5.41) is 0.810. The molecule has 1 aromatic carbocycles. The first-order chi connectivity index (χ1) is 12.7. The molecule has 0 atom stereocenters. The number of nitrogens with zero attached hydrogens (tertiary/aromatic N) is 3. The number of aromatic nitrogens is 4. The van der Waals surface area contributed by atoms with Crippen LogP contribution in [-0.2, 0) is 19.4 Å². The number of thiophene rings is 1. The van der Waals surface area contributed by atoms with Gasteiger partial charge < -0.3 is 9.72 Å². The Bertz CT molecular complexity index is 1190. The first kappa shape index (κ1) is 15.6. The number of imidazole rings is 1. The number of hydrogen-bond acceptors (Lipinski definition) is 5. The van der Waals surface area contributed by atoms with Crippen LogP contribution in [0.1, 0.15) is 29.1 Å². The Labute approximate surface area is 153 Å². The molecule has 132 valence electrons. The van der Waals surface area contributed by atoms with Crippen LogP contribution in [0.2, 0.25) is 0 Å². The second-order valence-corrected chi connectivity index (χ2v) is 7.72. The van der Waals surface area contributed by atoms with Gasteiger partial charge in [0, 0.05) is 10.9 Å². The van der Waals surface area contributed by atoms with Crippen molar-refractivity contribution < 1.29 is 4.74 Å². The van der Waals surface area contributed by atoms with Crippen LogP contribution in [0.15, 0.2) is 29.3 Å². The Morgan fingerprint density at radius 2 is 2.19 bits per heavy atom. The van der Waals surface area contributed by atoms with Gasteiger partial charge in [-0.1, -0.05) is 0 Å². The first-order valence-corrected chi connectivity index (χ1v) is 9.57. The van der Waals surface area contributed by atoms with Gasteiger partial charge >= 0.3 is 0 Å². The Morgan fingerprint density at radius 3 is 3.08 bits per heavy atom. The molecule has 0 spiro atoms. The molecule has 0 aliphatic heterocycles. The molecule has 4 aromatic rings. The molecule has 0 saturated heterocycles. The zero-order valence-corrected chi connectivity index (χ0v) is 15.2. The van der Waals surface area contributed by atoms with Crippen LogP contribution in [0.3, 0.4) is 0 Å². The predicted octanol–water partition coefficient (Wildman–Crippen LogP) is 3.27. The molecular formula is C19H18N4O2S. The van der Waals surface area contributed by atoms with Gasteiger partial charge in [0.25, 0.3) is 5.56 Å². The molecule has 1 N–H and O–H groups in total. The number of hydrogen-bond donors (Lipinski definition) is 1. The Hall–Kier alpha value is -2.67. The van der Waals surface area contributed by atoms with E-state index < -0.39 is 0 Å². The van der Waals surface area contributed by atoms with Gasteiger partial charge in [-0.3, -0.25) is 9.36 Å². The maximum Gasteiger partial charge on any atom is 0.262 e. The molecule has 0 fully saturated rings. The lowest BCUT2D eigenvalue weighted by atomic mass is 9.97. The summed E-state index contributed by atoms with van der Waals surface area (Å²) in [6.45, 7) is 0.378. The van der Waals surface area contributed by atoms with Crippen LogP contribution in [0.25, 0.3) is 21.3 Å². The third-order valence-corrected chi connectivity index (χ3v) is 6.20. The standard InChI is InChI=1S/C19H18N4O2S/c1-25-11-6-7-13-14(8-11)22-16(21-13)9-23-10-20-18-17(19(23)24)12-4-2-3-5-15(12)26-18/h6-8,10H,2-5,9H2,1H3,(H,21,22). The third-order valence-electron chi connectivity index (χ3n) is 5.00. The summed E-state index contributed by atoms with van der Waals surface area (Å²) in [5.74, 6) is 1.51. The summed E-state index contributed by atoms with van der Waals surface area (Å²) in [7, 11) is 1.64. The number of rotatable bonds is 3. The topological polar surface area (TPSA) is 72.8 Å². The largest absolute Gasteiger partial charge is 0.497 e. The molecule has 0 radical (unpaired) electrons. The first-order valence-electron chi connectivity index (χ1n) is 8.75. The molecule has 3 aromatic heterocycles. The summed E-state index contributed by atoms with van der Waals surface area (Å²) >= 11 is 1.68. The molecular weight excluding hydrogens is 348 g/mol. The van der Waals surface area contributed by atoms with Crippen molar-refractivity contribution in [2.75, 3.05) is 7.11 Å². The average Bonchev–Trinajstić information content (AvgIpc) is 3.24. The molecule has 0 unspecified atom stereocenters. The Kier molecular flexibility index (Phi) is 3.56. The minimum Gasteiger partial charge on any atom is -0.497 e. The number of aromatic amines is 1. The van der Waals surface area contributed by atoms with Crippen LogP contribution < -0.4 is 10.3 Å². The zero-order valence-electron chi connectivity index (χ0n) is 14.4. The molecule has 1 aliphatic carbocycles. The number of methoxy groups -OCH3 is 1. The van der Waals surface area contributed by atoms with Crippen LogP contribution in [0.4, 0.5) is 0 Å². The lowest BCUT2D eigenvalue weighted by molar-refractivity contribution is 0.415. The highest BCUT2D eigenvalue weighted by Gasteiger charge is 2.20. The summed E-state index contributed by atoms with van der Waals surface area (Å²) in [4.78, 5) is 27.7. The highest BCUT2D eigenvalue weighted by molar-refractivity contribution is 7.18. The fraction of sp³-hybridized carbons (Fsp3) is 0.316. The van der Waals surface area contributed by atoms with E-state index in [0.29, 0.717) is 6.54 Å². The lowest BCUT2D eigenvalue weighted by Crippen LogP contribution is -2.22. The van der Waals surface area contributed by atoms with E-state index in [0.717, 1.165) is 52.1 Å². The molecule has 0 amide bonds. The fourth-order valence-corrected chi connectivity index (χ4v) is 4.92. The lowest BCUT2D eigenvalue weighted by Gasteiger charge is -2.10. The Balaban J connectivity index is 1.57. The summed E-state index contributed by atoms with van der Waals surface area (Å²) in [6.07, 6.45) is 6.05. The van der Waals surface area contributed by atoms with Crippen molar-refractivity contribution in [1.82, 2.24) is 19.5 Å². The van der Waals surface area contributed by atoms with Crippen molar-refractivity contribution in [3.8, 4) is 5.75 Å². The minimum absolute atomic E-state index is 0.0347. The van der Waals surface area contributed by atoms with Gasteiger partial charge in [0.2, 0.25) is 0 Å². The minimum atomic E-state index is 0.0347. The van der Waals surface area contributed by atoms with Gasteiger partial charge in [-0.2, -0.15) is 0 Å². The maximum atomic E-state index is 13.0. The Morgan fingerprint density at radius 1 is 1.31 bits per heavy atom. The molecule has 3 heterocycles. The second-order valence-electron chi connectivity index (χ2n) is 6.64. The van der Waals surface area contributed by atoms with Crippen molar-refractivity contribution in [2.45, 2.75) is 32.2 Å². The van der Waals surface area contributed by atoms with E-state index in [1.54, 1.807) is 29.3 Å². The highest BCUT2D eigenvalue weighted by atomic mass is 32.1. The van der Waals surface area contributed by atoms with E-state index in [1.165, 1.54) is 16.9 Å². The van der Waals surface area contributed by atoms with E-state index in [1.807, 2.05) is 18.2 Å². The zero-order chi connectivity index (χ0) is 17.7. The van der Waals surface area contributed by atoms with Crippen molar-refractivity contribution in [3.63, 3.8) is 0 Å². The predicted molar refractivity (Wildman–Crippen MR) is 102 cm³/mol. The van der Waals surface area contributed by atoms with E-state index in [-0.39, 0.29) is 5.56 Å². The molecule has 26 heavy (non-hydrogen) atoms. The van der Waals surface area contributed by atoms with Gasteiger partial charge in [-0.05, 0) is 43.4 Å². The van der Waals surface area contributed by atoms with E-state index in [4.69, 9.17) is 4.74 Å². The van der Waals surface area contributed by atoms with Gasteiger partial charge in [0.15, 0.2) is 0 Å². The fourth-order valence-electron chi connectivity index (χ4n) is 3.70. The van der Waals surface area contributed by atoms with Crippen LogP contribution in [0, 0.1) is 0 Å². The van der Waals surface area contributed by atoms with Gasteiger partial charge in [-0.25, -0.2) is 9.97 Å². The number of aryl methyl sites for hydroxylation is 2. The average molecular weight is 366 g/mol. The van der Waals surface area contributed by atoms with Crippen molar-refractivity contribution in [1.29, 1.82) is 0 Å². The maximum absolute atomic E-state index is 13.0. The number of nitrogens with one attached hydrogen (secondary N) is 1. The van der Waals surface area contributed by atoms with E-state index in [9.17, 15) is 4.79 Å². The number of ether oxygens (including phenoxy) is 1. The second kappa shape index (κ2) is 5.95. The van der Waals surface area contributed by atoms with Crippen LogP contribution in [0.5, 0.6) is 5.75 Å². The SMILES string of the molecule is COc1ccc2nc(Cn3cnc4sc5c(c4c3=O)CCCC5)[nH]c2c1. The molecule has 1 aliphatic rings. The number of H-pyrrole nitrogens is 1. The smallest absolute Gasteiger partial charge is 0.262 e. The van der Waals surface area contributed by atoms with Crippen LogP contribution >= 0.6 is 11.3 Å². The molecule has 0 saturated carbocycles. The van der Waals surface area contributed by atoms with Crippen molar-refractivity contribution in [3.05, 3.63) is 51.1 Å². The van der Waals surface area contributed by atoms with Gasteiger partial charge in [0.1, 0.15) is 16.4 Å². The van der Waals surface area contributed by atoms with Gasteiger partial charge in [0.05, 0.1) is 36.4 Å². The van der Waals surface area contributed by atoms with E-state index >= 15 is 0 Å². The van der Waals surface area contributed by atoms with Gasteiger partial charge in [-0.15, -0.1) is 11.3 Å². The van der Waals surface area contributed by atoms with Crippen molar-refractivity contribution in [2.24, 2.45) is 0 Å². The third kappa shape index (κ3) is 2.42. The monoisotopic (exact) mass is 366 g/mol. The summed E-state index contributed by atoms with van der Waals surface area (Å²) in [5.41, 5.74) is 3.01. The molecule has 6 nitrogen and oxygen atoms in total. The van der Waals surface area contributed by atoms with Crippen LogP contribution in [-0.4, -0.2) is 26.6 Å². The highest BCUT2D eigenvalue weighted by Crippen LogP contribution is 2.33. The normalized spacial score (nSPS) is 14.0. The number of benzene rings is 1. The van der Waals surface area contributed by atoms with E-state index in [2.05, 4.69) is 15.0 Å². The molecule has 7 heteroatoms. The quantitative estimate of drug-likeness (QED) is 0.604. The summed E-state index contributed by atoms with van der Waals surface area (Å²) in [6, 6.07) is 5.70. The number of fused-ring (bicyclic) bond motifs is 4. The molecule has 5 rings (SSSR count). The summed E-state index contributed by atoms with van der Waals surface area (Å²) < 4.78 is 6.90.